The molecule has 0 saturated carbocycles. The van der Waals surface area contributed by atoms with Gasteiger partial charge in [0.1, 0.15) is 11.6 Å². The van der Waals surface area contributed by atoms with Gasteiger partial charge in [-0.15, -0.1) is 11.3 Å². The number of nitrogens with one attached hydrogen (secondary N) is 1. The summed E-state index contributed by atoms with van der Waals surface area (Å²) in [5.74, 6) is -0.402. The number of benzene rings is 2. The fourth-order valence-corrected chi connectivity index (χ4v) is 3.94. The van der Waals surface area contributed by atoms with Crippen LogP contribution in [0.2, 0.25) is 0 Å². The van der Waals surface area contributed by atoms with E-state index < -0.39 is 15.9 Å². The average molecular weight is 436 g/mol. The summed E-state index contributed by atoms with van der Waals surface area (Å²) in [6.45, 7) is -0.238. The van der Waals surface area contributed by atoms with Gasteiger partial charge in [0, 0.05) is 25.0 Å². The number of thiazole rings is 1. The summed E-state index contributed by atoms with van der Waals surface area (Å²) in [6.07, 6.45) is 0. The molecule has 0 spiro atoms. The molecule has 1 N–H and O–H groups in total. The fraction of sp³-hybridized carbons (Fsp3) is 0.158. The lowest BCUT2D eigenvalue weighted by atomic mass is 10.2. The minimum Gasteiger partial charge on any atom is -0.484 e. The number of halogens is 1. The van der Waals surface area contributed by atoms with E-state index in [0.29, 0.717) is 16.6 Å². The molecule has 0 unspecified atom stereocenters. The molecule has 0 saturated heterocycles. The third-order valence-electron chi connectivity index (χ3n) is 3.86. The van der Waals surface area contributed by atoms with Crippen LogP contribution in [0.5, 0.6) is 5.75 Å². The minimum atomic E-state index is -3.49. The van der Waals surface area contributed by atoms with Gasteiger partial charge in [-0.3, -0.25) is 10.1 Å². The number of aromatic nitrogens is 1. The first-order valence-electron chi connectivity index (χ1n) is 8.42. The Balaban J connectivity index is 1.61. The van der Waals surface area contributed by atoms with E-state index in [1.165, 1.54) is 61.8 Å². The Labute approximate surface area is 171 Å². The maximum atomic E-state index is 12.9. The van der Waals surface area contributed by atoms with Crippen LogP contribution in [0.4, 0.5) is 9.52 Å². The zero-order chi connectivity index (χ0) is 21.0. The molecule has 0 bridgehead atoms. The Bertz CT molecular complexity index is 1100. The first kappa shape index (κ1) is 20.9. The molecule has 152 valence electrons. The third kappa shape index (κ3) is 5.17. The van der Waals surface area contributed by atoms with Gasteiger partial charge in [-0.2, -0.15) is 0 Å². The number of rotatable bonds is 7. The van der Waals surface area contributed by atoms with E-state index in [4.69, 9.17) is 4.74 Å². The number of anilines is 1. The quantitative estimate of drug-likeness (QED) is 0.616. The second kappa shape index (κ2) is 8.68. The van der Waals surface area contributed by atoms with Gasteiger partial charge in [0.05, 0.1) is 10.6 Å². The van der Waals surface area contributed by atoms with Gasteiger partial charge in [-0.25, -0.2) is 22.1 Å². The highest BCUT2D eigenvalue weighted by Crippen LogP contribution is 2.26. The summed E-state index contributed by atoms with van der Waals surface area (Å²) in [5, 5.41) is 4.77. The van der Waals surface area contributed by atoms with Gasteiger partial charge < -0.3 is 4.74 Å². The second-order valence-electron chi connectivity index (χ2n) is 6.14. The zero-order valence-electron chi connectivity index (χ0n) is 15.6. The highest BCUT2D eigenvalue weighted by Gasteiger charge is 2.17. The van der Waals surface area contributed by atoms with Crippen molar-refractivity contribution in [2.45, 2.75) is 4.90 Å². The standard InChI is InChI=1S/C19H18FN3O4S2/c1-23(2)29(25,26)16-9-3-13(4-10-16)17-12-28-19(21-17)22-18(24)11-27-15-7-5-14(20)6-8-15/h3-10,12H,11H2,1-2H3,(H,21,22,24). The van der Waals surface area contributed by atoms with Crippen molar-refractivity contribution in [3.8, 4) is 17.0 Å². The fourth-order valence-electron chi connectivity index (χ4n) is 2.31. The van der Waals surface area contributed by atoms with E-state index in [9.17, 15) is 17.6 Å². The molecule has 0 aliphatic rings. The van der Waals surface area contributed by atoms with Crippen molar-refractivity contribution in [3.63, 3.8) is 0 Å². The molecular weight excluding hydrogens is 417 g/mol. The van der Waals surface area contributed by atoms with Crippen LogP contribution in [-0.2, 0) is 14.8 Å². The molecule has 2 aromatic carbocycles. The lowest BCUT2D eigenvalue weighted by molar-refractivity contribution is -0.118. The molecule has 10 heteroatoms. The van der Waals surface area contributed by atoms with Crippen LogP contribution in [0.3, 0.4) is 0 Å². The van der Waals surface area contributed by atoms with Crippen LogP contribution in [0.15, 0.2) is 58.8 Å². The molecule has 0 aliphatic heterocycles. The molecule has 0 radical (unpaired) electrons. The number of sulfonamides is 1. The predicted molar refractivity (Wildman–Crippen MR) is 109 cm³/mol. The maximum Gasteiger partial charge on any atom is 0.264 e. The van der Waals surface area contributed by atoms with Crippen molar-refractivity contribution >= 4 is 32.4 Å². The first-order valence-corrected chi connectivity index (χ1v) is 10.7. The van der Waals surface area contributed by atoms with Crippen LogP contribution in [0.25, 0.3) is 11.3 Å². The van der Waals surface area contributed by atoms with Gasteiger partial charge >= 0.3 is 0 Å². The summed E-state index contributed by atoms with van der Waals surface area (Å²) in [5.41, 5.74) is 1.33. The Kier molecular flexibility index (Phi) is 6.26. The smallest absolute Gasteiger partial charge is 0.264 e. The van der Waals surface area contributed by atoms with Crippen molar-refractivity contribution in [1.82, 2.24) is 9.29 Å². The van der Waals surface area contributed by atoms with Crippen LogP contribution >= 0.6 is 11.3 Å². The molecule has 29 heavy (non-hydrogen) atoms. The SMILES string of the molecule is CN(C)S(=O)(=O)c1ccc(-c2csc(NC(=O)COc3ccc(F)cc3)n2)cc1. The topological polar surface area (TPSA) is 88.6 Å². The molecule has 0 aliphatic carbocycles. The third-order valence-corrected chi connectivity index (χ3v) is 6.45. The highest BCUT2D eigenvalue weighted by molar-refractivity contribution is 7.89. The number of ether oxygens (including phenoxy) is 1. The predicted octanol–water partition coefficient (Wildman–Crippen LogP) is 3.22. The number of hydrogen-bond donors (Lipinski definition) is 1. The molecule has 3 rings (SSSR count). The number of amides is 1. The molecule has 0 fully saturated rings. The second-order valence-corrected chi connectivity index (χ2v) is 9.15. The largest absolute Gasteiger partial charge is 0.484 e. The number of nitrogens with zero attached hydrogens (tertiary/aromatic N) is 2. The molecule has 0 atom stereocenters. The maximum absolute atomic E-state index is 12.9. The van der Waals surface area contributed by atoms with E-state index in [1.807, 2.05) is 0 Å². The van der Waals surface area contributed by atoms with Gasteiger partial charge in [0.15, 0.2) is 11.7 Å². The number of hydrogen-bond acceptors (Lipinski definition) is 6. The molecule has 3 aromatic rings. The monoisotopic (exact) mass is 435 g/mol. The number of carbonyl (C=O) groups is 1. The van der Waals surface area contributed by atoms with Gasteiger partial charge in [-0.05, 0) is 36.4 Å². The summed E-state index contributed by atoms with van der Waals surface area (Å²) in [7, 11) is -0.553. The van der Waals surface area contributed by atoms with Crippen molar-refractivity contribution in [2.24, 2.45) is 0 Å². The van der Waals surface area contributed by atoms with E-state index in [1.54, 1.807) is 17.5 Å². The number of carbonyl (C=O) groups excluding carboxylic acids is 1. The molecular formula is C19H18FN3O4S2. The van der Waals surface area contributed by atoms with Crippen molar-refractivity contribution in [3.05, 3.63) is 59.7 Å². The summed E-state index contributed by atoms with van der Waals surface area (Å²) in [4.78, 5) is 16.5. The summed E-state index contributed by atoms with van der Waals surface area (Å²) in [6, 6.07) is 11.7. The summed E-state index contributed by atoms with van der Waals surface area (Å²) >= 11 is 1.24. The van der Waals surface area contributed by atoms with E-state index >= 15 is 0 Å². The van der Waals surface area contributed by atoms with Crippen molar-refractivity contribution in [1.29, 1.82) is 0 Å². The van der Waals surface area contributed by atoms with Gasteiger partial charge in [0.25, 0.3) is 5.91 Å². The highest BCUT2D eigenvalue weighted by atomic mass is 32.2. The molecule has 1 aromatic heterocycles. The lowest BCUT2D eigenvalue weighted by Gasteiger charge is -2.11. The molecule has 1 amide bonds. The van der Waals surface area contributed by atoms with Crippen LogP contribution in [0.1, 0.15) is 0 Å². The van der Waals surface area contributed by atoms with Crippen LogP contribution in [0, 0.1) is 5.82 Å². The Morgan fingerprint density at radius 1 is 1.14 bits per heavy atom. The zero-order valence-corrected chi connectivity index (χ0v) is 17.3. The van der Waals surface area contributed by atoms with Crippen molar-refractivity contribution in [2.75, 3.05) is 26.0 Å². The minimum absolute atomic E-state index is 0.188. The van der Waals surface area contributed by atoms with Gasteiger partial charge in [0.2, 0.25) is 10.0 Å². The van der Waals surface area contributed by atoms with Crippen LogP contribution in [-0.4, -0.2) is 44.3 Å². The lowest BCUT2D eigenvalue weighted by Crippen LogP contribution is -2.22. The van der Waals surface area contributed by atoms with Crippen molar-refractivity contribution < 1.29 is 22.3 Å². The molecule has 1 heterocycles. The van der Waals surface area contributed by atoms with E-state index in [-0.39, 0.29) is 17.3 Å². The Morgan fingerprint density at radius 2 is 1.79 bits per heavy atom. The van der Waals surface area contributed by atoms with Crippen LogP contribution < -0.4 is 10.1 Å². The summed E-state index contributed by atoms with van der Waals surface area (Å²) < 4.78 is 43.5. The van der Waals surface area contributed by atoms with E-state index in [0.717, 1.165) is 9.87 Å². The molecule has 7 nitrogen and oxygen atoms in total. The Morgan fingerprint density at radius 3 is 2.41 bits per heavy atom. The van der Waals surface area contributed by atoms with E-state index in [2.05, 4.69) is 10.3 Å². The average Bonchev–Trinajstić information content (AvgIpc) is 3.16. The first-order chi connectivity index (χ1) is 13.8. The Hall–Kier alpha value is -2.82. The normalized spacial score (nSPS) is 11.4. The van der Waals surface area contributed by atoms with Gasteiger partial charge in [-0.1, -0.05) is 12.1 Å².